The Labute approximate surface area is 184 Å². The van der Waals surface area contributed by atoms with Crippen LogP contribution in [0.4, 0.5) is 11.4 Å². The average molecular weight is 447 g/mol. The molecule has 9 nitrogen and oxygen atoms in total. The molecule has 31 heavy (non-hydrogen) atoms. The maximum absolute atomic E-state index is 12.9. The van der Waals surface area contributed by atoms with Crippen molar-refractivity contribution >= 4 is 28.6 Å². The van der Waals surface area contributed by atoms with Crippen molar-refractivity contribution in [3.8, 4) is 0 Å². The van der Waals surface area contributed by atoms with Crippen LogP contribution in [0.2, 0.25) is 0 Å². The summed E-state index contributed by atoms with van der Waals surface area (Å²) < 4.78 is 10.8. The minimum absolute atomic E-state index is 0.0514. The van der Waals surface area contributed by atoms with E-state index in [0.29, 0.717) is 51.7 Å². The molecule has 2 saturated heterocycles. The van der Waals surface area contributed by atoms with Crippen molar-refractivity contribution in [2.45, 2.75) is 6.04 Å². The normalized spacial score (nSPS) is 18.5. The Kier molecular flexibility index (Phi) is 7.13. The lowest BCUT2D eigenvalue weighted by molar-refractivity contribution is -0.384. The third-order valence-electron chi connectivity index (χ3n) is 5.60. The molecule has 4 rings (SSSR count). The van der Waals surface area contributed by atoms with Crippen molar-refractivity contribution in [1.82, 2.24) is 10.2 Å². The zero-order valence-electron chi connectivity index (χ0n) is 17.2. The van der Waals surface area contributed by atoms with E-state index in [2.05, 4.69) is 16.3 Å². The zero-order valence-corrected chi connectivity index (χ0v) is 18.0. The van der Waals surface area contributed by atoms with Gasteiger partial charge < -0.3 is 19.7 Å². The van der Waals surface area contributed by atoms with Gasteiger partial charge in [-0.2, -0.15) is 0 Å². The van der Waals surface area contributed by atoms with Crippen molar-refractivity contribution in [2.75, 3.05) is 64.1 Å². The maximum Gasteiger partial charge on any atom is 0.293 e. The number of morpholine rings is 2. The van der Waals surface area contributed by atoms with Gasteiger partial charge in [-0.3, -0.25) is 19.8 Å². The Bertz CT molecular complexity index is 895. The van der Waals surface area contributed by atoms with Gasteiger partial charge in [0.15, 0.2) is 0 Å². The zero-order chi connectivity index (χ0) is 21.6. The molecule has 1 aromatic heterocycles. The Morgan fingerprint density at radius 2 is 1.84 bits per heavy atom. The van der Waals surface area contributed by atoms with Crippen LogP contribution in [0.15, 0.2) is 35.7 Å². The number of ether oxygens (including phenoxy) is 2. The number of amides is 1. The lowest BCUT2D eigenvalue weighted by atomic mass is 10.1. The number of nitro benzene ring substituents is 1. The predicted octanol–water partition coefficient (Wildman–Crippen LogP) is 2.30. The van der Waals surface area contributed by atoms with E-state index in [0.717, 1.165) is 13.1 Å². The summed E-state index contributed by atoms with van der Waals surface area (Å²) in [6.45, 7) is 5.63. The number of carbonyl (C=O) groups excluding carboxylic acids is 1. The number of benzene rings is 1. The minimum atomic E-state index is -0.427. The van der Waals surface area contributed by atoms with Gasteiger partial charge in [0.25, 0.3) is 11.6 Å². The monoisotopic (exact) mass is 446 g/mol. The van der Waals surface area contributed by atoms with Crippen molar-refractivity contribution < 1.29 is 19.2 Å². The van der Waals surface area contributed by atoms with Crippen LogP contribution in [-0.2, 0) is 9.47 Å². The van der Waals surface area contributed by atoms with Crippen LogP contribution in [-0.4, -0.2) is 74.9 Å². The Morgan fingerprint density at radius 3 is 2.48 bits per heavy atom. The Hall–Kier alpha value is -2.53. The molecular formula is C21H26N4O5S. The minimum Gasteiger partial charge on any atom is -0.379 e. The fraction of sp³-hybridized carbons (Fsp3) is 0.476. The standard InChI is InChI=1S/C21H26N4O5S/c26-21(22-15-19(20-2-1-13-31-20)24-7-11-30-12-8-24)16-3-4-17(18(14-16)25(27)28)23-5-9-29-10-6-23/h1-4,13-14,19H,5-12,15H2,(H,22,26)/t19-/m1/s1. The molecule has 1 atom stereocenters. The highest BCUT2D eigenvalue weighted by Crippen LogP contribution is 2.30. The Morgan fingerprint density at radius 1 is 1.13 bits per heavy atom. The third-order valence-corrected chi connectivity index (χ3v) is 6.57. The summed E-state index contributed by atoms with van der Waals surface area (Å²) in [7, 11) is 0. The highest BCUT2D eigenvalue weighted by atomic mass is 32.1. The summed E-state index contributed by atoms with van der Waals surface area (Å²) in [5.74, 6) is -0.313. The highest BCUT2D eigenvalue weighted by Gasteiger charge is 2.26. The van der Waals surface area contributed by atoms with E-state index < -0.39 is 4.92 Å². The topological polar surface area (TPSA) is 97.2 Å². The van der Waals surface area contributed by atoms with Gasteiger partial charge in [0.05, 0.1) is 37.4 Å². The molecule has 1 N–H and O–H groups in total. The number of nitro groups is 1. The van der Waals surface area contributed by atoms with Crippen molar-refractivity contribution in [3.05, 3.63) is 56.3 Å². The van der Waals surface area contributed by atoms with Crippen molar-refractivity contribution in [3.63, 3.8) is 0 Å². The molecule has 3 heterocycles. The van der Waals surface area contributed by atoms with Gasteiger partial charge in [-0.15, -0.1) is 11.3 Å². The first-order valence-electron chi connectivity index (χ1n) is 10.4. The second-order valence-electron chi connectivity index (χ2n) is 7.45. The van der Waals surface area contributed by atoms with Gasteiger partial charge in [0.1, 0.15) is 5.69 Å². The number of thiophene rings is 1. The molecule has 10 heteroatoms. The first kappa shape index (κ1) is 21.7. The molecule has 0 bridgehead atoms. The average Bonchev–Trinajstić information content (AvgIpc) is 3.34. The van der Waals surface area contributed by atoms with E-state index in [-0.39, 0.29) is 23.2 Å². The lowest BCUT2D eigenvalue weighted by Gasteiger charge is -2.34. The second-order valence-corrected chi connectivity index (χ2v) is 8.43. The molecule has 0 saturated carbocycles. The summed E-state index contributed by atoms with van der Waals surface area (Å²) in [5, 5.41) is 16.7. The molecule has 1 aromatic carbocycles. The lowest BCUT2D eigenvalue weighted by Crippen LogP contribution is -2.43. The SMILES string of the molecule is O=C(NC[C@H](c1cccs1)N1CCOCC1)c1ccc(N2CCOCC2)c([N+](=O)[O-])c1. The molecule has 2 aromatic rings. The number of carbonyl (C=O) groups is 1. The van der Waals surface area contributed by atoms with E-state index in [1.165, 1.54) is 10.9 Å². The van der Waals surface area contributed by atoms with Crippen LogP contribution in [0.25, 0.3) is 0 Å². The van der Waals surface area contributed by atoms with Crippen molar-refractivity contribution in [2.24, 2.45) is 0 Å². The number of nitrogens with zero attached hydrogens (tertiary/aromatic N) is 3. The van der Waals surface area contributed by atoms with E-state index in [1.807, 2.05) is 16.3 Å². The van der Waals surface area contributed by atoms with Gasteiger partial charge in [0.2, 0.25) is 0 Å². The third kappa shape index (κ3) is 5.21. The summed E-state index contributed by atoms with van der Waals surface area (Å²) in [5.41, 5.74) is 0.753. The van der Waals surface area contributed by atoms with Gasteiger partial charge in [-0.05, 0) is 23.6 Å². The second kappa shape index (κ2) is 10.2. The van der Waals surface area contributed by atoms with Crippen LogP contribution in [0.5, 0.6) is 0 Å². The molecule has 0 unspecified atom stereocenters. The smallest absolute Gasteiger partial charge is 0.293 e. The molecule has 2 aliphatic rings. The summed E-state index contributed by atoms with van der Waals surface area (Å²) in [4.78, 5) is 29.5. The molecule has 0 spiro atoms. The van der Waals surface area contributed by atoms with Gasteiger partial charge in [-0.1, -0.05) is 6.07 Å². The summed E-state index contributed by atoms with van der Waals surface area (Å²) in [6.07, 6.45) is 0. The quantitative estimate of drug-likeness (QED) is 0.515. The van der Waals surface area contributed by atoms with Crippen LogP contribution in [0.1, 0.15) is 21.3 Å². The van der Waals surface area contributed by atoms with E-state index in [4.69, 9.17) is 9.47 Å². The van der Waals surface area contributed by atoms with Crippen LogP contribution in [0.3, 0.4) is 0 Å². The summed E-state index contributed by atoms with van der Waals surface area (Å²) in [6, 6.07) is 8.81. The highest BCUT2D eigenvalue weighted by molar-refractivity contribution is 7.10. The molecular weight excluding hydrogens is 420 g/mol. The van der Waals surface area contributed by atoms with Gasteiger partial charge in [0, 0.05) is 49.2 Å². The molecule has 0 aliphatic carbocycles. The van der Waals surface area contributed by atoms with Crippen LogP contribution < -0.4 is 10.2 Å². The first-order valence-corrected chi connectivity index (χ1v) is 11.3. The molecule has 2 fully saturated rings. The van der Waals surface area contributed by atoms with E-state index in [1.54, 1.807) is 23.5 Å². The number of rotatable bonds is 7. The Balaban J connectivity index is 1.48. The number of anilines is 1. The van der Waals surface area contributed by atoms with Crippen molar-refractivity contribution in [1.29, 1.82) is 0 Å². The molecule has 166 valence electrons. The van der Waals surface area contributed by atoms with Gasteiger partial charge in [-0.25, -0.2) is 0 Å². The van der Waals surface area contributed by atoms with Crippen LogP contribution >= 0.6 is 11.3 Å². The molecule has 1 amide bonds. The van der Waals surface area contributed by atoms with Crippen LogP contribution in [0, 0.1) is 10.1 Å². The van der Waals surface area contributed by atoms with E-state index in [9.17, 15) is 14.9 Å². The fourth-order valence-electron chi connectivity index (χ4n) is 3.95. The molecule has 2 aliphatic heterocycles. The number of hydrogen-bond acceptors (Lipinski definition) is 8. The molecule has 0 radical (unpaired) electrons. The maximum atomic E-state index is 12.9. The first-order chi connectivity index (χ1) is 15.1. The largest absolute Gasteiger partial charge is 0.379 e. The predicted molar refractivity (Wildman–Crippen MR) is 118 cm³/mol. The fourth-order valence-corrected chi connectivity index (χ4v) is 4.81. The summed E-state index contributed by atoms with van der Waals surface area (Å²) >= 11 is 1.66. The van der Waals surface area contributed by atoms with E-state index >= 15 is 0 Å². The number of nitrogens with one attached hydrogen (secondary N) is 1. The van der Waals surface area contributed by atoms with Gasteiger partial charge >= 0.3 is 0 Å². The number of hydrogen-bond donors (Lipinski definition) is 1.